The first-order valence-electron chi connectivity index (χ1n) is 9.18. The molecule has 0 saturated carbocycles. The minimum absolute atomic E-state index is 0.896. The number of ether oxygens (including phenoxy) is 1. The van der Waals surface area contributed by atoms with Crippen LogP contribution >= 0.6 is 0 Å². The smallest absolute Gasteiger partial charge is 0.193 e. The van der Waals surface area contributed by atoms with Gasteiger partial charge in [-0.25, -0.2) is 0 Å². The van der Waals surface area contributed by atoms with Crippen LogP contribution in [0.15, 0.2) is 59.6 Å². The first kappa shape index (κ1) is 18.1. The van der Waals surface area contributed by atoms with E-state index in [1.165, 1.54) is 11.3 Å². The van der Waals surface area contributed by atoms with Crippen molar-refractivity contribution in [3.05, 3.63) is 60.2 Å². The number of rotatable bonds is 5. The Balaban J connectivity index is 1.49. The van der Waals surface area contributed by atoms with Crippen LogP contribution in [0.1, 0.15) is 5.56 Å². The van der Waals surface area contributed by atoms with Gasteiger partial charge in [0, 0.05) is 51.5 Å². The predicted molar refractivity (Wildman–Crippen MR) is 108 cm³/mol. The van der Waals surface area contributed by atoms with Crippen molar-refractivity contribution in [3.8, 4) is 5.75 Å². The van der Waals surface area contributed by atoms with E-state index in [9.17, 15) is 0 Å². The zero-order valence-electron chi connectivity index (χ0n) is 15.7. The van der Waals surface area contributed by atoms with E-state index < -0.39 is 0 Å². The fourth-order valence-corrected chi connectivity index (χ4v) is 3.28. The Morgan fingerprint density at radius 3 is 2.50 bits per heavy atom. The molecule has 138 valence electrons. The van der Waals surface area contributed by atoms with Crippen molar-refractivity contribution in [1.82, 2.24) is 10.2 Å². The highest BCUT2D eigenvalue weighted by atomic mass is 16.5. The summed E-state index contributed by atoms with van der Waals surface area (Å²) >= 11 is 0. The van der Waals surface area contributed by atoms with Gasteiger partial charge in [-0.3, -0.25) is 4.99 Å². The van der Waals surface area contributed by atoms with Gasteiger partial charge in [-0.2, -0.15) is 0 Å². The van der Waals surface area contributed by atoms with Crippen molar-refractivity contribution in [2.75, 3.05) is 51.8 Å². The molecule has 0 spiro atoms. The molecule has 0 unspecified atom stereocenters. The van der Waals surface area contributed by atoms with E-state index in [0.717, 1.165) is 50.9 Å². The second-order valence-corrected chi connectivity index (χ2v) is 6.39. The molecule has 0 atom stereocenters. The number of anilines is 1. The second kappa shape index (κ2) is 9.13. The van der Waals surface area contributed by atoms with Crippen molar-refractivity contribution in [2.45, 2.75) is 6.42 Å². The molecule has 3 rings (SSSR count). The van der Waals surface area contributed by atoms with Gasteiger partial charge < -0.3 is 19.9 Å². The van der Waals surface area contributed by atoms with E-state index in [1.54, 1.807) is 7.11 Å². The zero-order chi connectivity index (χ0) is 18.2. The third-order valence-electron chi connectivity index (χ3n) is 4.75. The SMILES string of the molecule is CN=C(NCCc1ccccc1)N1CCN(c2cccc(OC)c2)CC1. The molecule has 1 heterocycles. The maximum atomic E-state index is 5.34. The third-order valence-corrected chi connectivity index (χ3v) is 4.75. The fourth-order valence-electron chi connectivity index (χ4n) is 3.28. The Bertz CT molecular complexity index is 709. The van der Waals surface area contributed by atoms with Crippen LogP contribution in [0.5, 0.6) is 5.75 Å². The molecule has 2 aromatic rings. The molecule has 0 radical (unpaired) electrons. The summed E-state index contributed by atoms with van der Waals surface area (Å²) in [6.45, 7) is 4.77. The predicted octanol–water partition coefficient (Wildman–Crippen LogP) is 2.64. The average Bonchev–Trinajstić information content (AvgIpc) is 2.72. The molecule has 0 aromatic heterocycles. The maximum Gasteiger partial charge on any atom is 0.193 e. The molecule has 2 aromatic carbocycles. The van der Waals surface area contributed by atoms with E-state index in [0.29, 0.717) is 0 Å². The lowest BCUT2D eigenvalue weighted by Gasteiger charge is -2.37. The Labute approximate surface area is 156 Å². The van der Waals surface area contributed by atoms with Crippen molar-refractivity contribution >= 4 is 11.6 Å². The normalized spacial score (nSPS) is 15.1. The number of hydrogen-bond acceptors (Lipinski definition) is 3. The summed E-state index contributed by atoms with van der Waals surface area (Å²) in [5.74, 6) is 1.90. The zero-order valence-corrected chi connectivity index (χ0v) is 15.7. The average molecular weight is 352 g/mol. The largest absolute Gasteiger partial charge is 0.497 e. The molecule has 0 amide bonds. The third kappa shape index (κ3) is 4.69. The van der Waals surface area contributed by atoms with Gasteiger partial charge in [0.15, 0.2) is 5.96 Å². The Morgan fingerprint density at radius 1 is 1.04 bits per heavy atom. The summed E-state index contributed by atoms with van der Waals surface area (Å²) in [6.07, 6.45) is 1.00. The molecule has 1 aliphatic rings. The summed E-state index contributed by atoms with van der Waals surface area (Å²) in [6, 6.07) is 18.8. The standard InChI is InChI=1S/C21H28N4O/c1-22-21(23-12-11-18-7-4-3-5-8-18)25-15-13-24(14-16-25)19-9-6-10-20(17-19)26-2/h3-10,17H,11-16H2,1-2H3,(H,22,23). The van der Waals surface area contributed by atoms with Gasteiger partial charge in [0.25, 0.3) is 0 Å². The first-order valence-corrected chi connectivity index (χ1v) is 9.18. The molecule has 1 aliphatic heterocycles. The van der Waals surface area contributed by atoms with Crippen LogP contribution < -0.4 is 15.0 Å². The van der Waals surface area contributed by atoms with Crippen LogP contribution in [0.25, 0.3) is 0 Å². The first-order chi connectivity index (χ1) is 12.8. The Morgan fingerprint density at radius 2 is 1.81 bits per heavy atom. The highest BCUT2D eigenvalue weighted by molar-refractivity contribution is 5.80. The number of methoxy groups -OCH3 is 1. The number of hydrogen-bond donors (Lipinski definition) is 1. The van der Waals surface area contributed by atoms with Gasteiger partial charge in [-0.15, -0.1) is 0 Å². The minimum atomic E-state index is 0.896. The van der Waals surface area contributed by atoms with Crippen LogP contribution in [0, 0.1) is 0 Å². The lowest BCUT2D eigenvalue weighted by Crippen LogP contribution is -2.52. The van der Waals surface area contributed by atoms with Gasteiger partial charge in [0.05, 0.1) is 7.11 Å². The summed E-state index contributed by atoms with van der Waals surface area (Å²) in [5.41, 5.74) is 2.56. The molecular formula is C21H28N4O. The molecule has 1 fully saturated rings. The number of piperazine rings is 1. The number of guanidine groups is 1. The molecule has 0 bridgehead atoms. The van der Waals surface area contributed by atoms with Crippen molar-refractivity contribution < 1.29 is 4.74 Å². The van der Waals surface area contributed by atoms with E-state index >= 15 is 0 Å². The van der Waals surface area contributed by atoms with Gasteiger partial charge in [-0.05, 0) is 24.1 Å². The molecule has 26 heavy (non-hydrogen) atoms. The summed E-state index contributed by atoms with van der Waals surface area (Å²) < 4.78 is 5.34. The number of nitrogens with zero attached hydrogens (tertiary/aromatic N) is 3. The molecule has 0 aliphatic carbocycles. The van der Waals surface area contributed by atoms with E-state index in [4.69, 9.17) is 4.74 Å². The monoisotopic (exact) mass is 352 g/mol. The lowest BCUT2D eigenvalue weighted by atomic mass is 10.1. The molecule has 5 nitrogen and oxygen atoms in total. The van der Waals surface area contributed by atoms with Gasteiger partial charge in [0.1, 0.15) is 5.75 Å². The van der Waals surface area contributed by atoms with E-state index in [1.807, 2.05) is 19.2 Å². The molecule has 1 saturated heterocycles. The van der Waals surface area contributed by atoms with E-state index in [-0.39, 0.29) is 0 Å². The number of nitrogens with one attached hydrogen (secondary N) is 1. The van der Waals surface area contributed by atoms with Crippen LogP contribution in [0.3, 0.4) is 0 Å². The summed E-state index contributed by atoms with van der Waals surface area (Å²) in [4.78, 5) is 9.20. The van der Waals surface area contributed by atoms with Gasteiger partial charge >= 0.3 is 0 Å². The Hall–Kier alpha value is -2.69. The van der Waals surface area contributed by atoms with Gasteiger partial charge in [-0.1, -0.05) is 36.4 Å². The fraction of sp³-hybridized carbons (Fsp3) is 0.381. The molecular weight excluding hydrogens is 324 g/mol. The highest BCUT2D eigenvalue weighted by Crippen LogP contribution is 2.22. The van der Waals surface area contributed by atoms with Gasteiger partial charge in [0.2, 0.25) is 0 Å². The quantitative estimate of drug-likeness (QED) is 0.663. The number of benzene rings is 2. The maximum absolute atomic E-state index is 5.34. The Kier molecular flexibility index (Phi) is 6.36. The lowest BCUT2D eigenvalue weighted by molar-refractivity contribution is 0.372. The summed E-state index contributed by atoms with van der Waals surface area (Å²) in [5, 5.41) is 3.50. The highest BCUT2D eigenvalue weighted by Gasteiger charge is 2.19. The minimum Gasteiger partial charge on any atom is -0.497 e. The van der Waals surface area contributed by atoms with E-state index in [2.05, 4.69) is 62.6 Å². The number of aliphatic imine (C=N–C) groups is 1. The topological polar surface area (TPSA) is 40.1 Å². The van der Waals surface area contributed by atoms with Crippen LogP contribution in [0.2, 0.25) is 0 Å². The van der Waals surface area contributed by atoms with Crippen molar-refractivity contribution in [3.63, 3.8) is 0 Å². The van der Waals surface area contributed by atoms with Crippen LogP contribution in [0.4, 0.5) is 5.69 Å². The van der Waals surface area contributed by atoms with Crippen LogP contribution in [-0.4, -0.2) is 57.7 Å². The molecule has 5 heteroatoms. The summed E-state index contributed by atoms with van der Waals surface area (Å²) in [7, 11) is 3.57. The second-order valence-electron chi connectivity index (χ2n) is 6.39. The van der Waals surface area contributed by atoms with Crippen LogP contribution in [-0.2, 0) is 6.42 Å². The van der Waals surface area contributed by atoms with Crippen molar-refractivity contribution in [2.24, 2.45) is 4.99 Å². The van der Waals surface area contributed by atoms with Crippen molar-refractivity contribution in [1.29, 1.82) is 0 Å². The molecule has 1 N–H and O–H groups in total.